The van der Waals surface area contributed by atoms with E-state index in [1.54, 1.807) is 33.4 Å². The van der Waals surface area contributed by atoms with E-state index in [1.165, 1.54) is 0 Å². The van der Waals surface area contributed by atoms with Crippen LogP contribution in [0.25, 0.3) is 10.9 Å². The number of ketones is 1. The number of hydrogen-bond acceptors (Lipinski definition) is 5. The van der Waals surface area contributed by atoms with Gasteiger partial charge in [0.15, 0.2) is 17.6 Å². The second-order valence-corrected chi connectivity index (χ2v) is 6.43. The Kier molecular flexibility index (Phi) is 5.99. The number of carbonyl (C=O) groups excluding carboxylic acids is 2. The summed E-state index contributed by atoms with van der Waals surface area (Å²) in [4.78, 5) is 27.9. The van der Waals surface area contributed by atoms with Gasteiger partial charge >= 0.3 is 5.97 Å². The molecule has 0 aliphatic carbocycles. The lowest BCUT2D eigenvalue weighted by Crippen LogP contribution is -2.24. The van der Waals surface area contributed by atoms with Crippen molar-refractivity contribution >= 4 is 22.7 Å². The molecule has 0 saturated carbocycles. The Hall–Kier alpha value is -3.28. The minimum absolute atomic E-state index is 0.168. The van der Waals surface area contributed by atoms with Crippen molar-refractivity contribution < 1.29 is 23.8 Å². The zero-order chi connectivity index (χ0) is 20.1. The lowest BCUT2D eigenvalue weighted by atomic mass is 10.1. The molecule has 146 valence electrons. The number of carbonyl (C=O) groups is 2. The Balaban J connectivity index is 1.59. The molecule has 6 nitrogen and oxygen atoms in total. The molecule has 1 aromatic heterocycles. The number of aromatic nitrogens is 1. The molecule has 1 N–H and O–H groups in total. The molecule has 6 heteroatoms. The van der Waals surface area contributed by atoms with E-state index in [1.807, 2.05) is 36.4 Å². The molecule has 1 atom stereocenters. The molecular weight excluding hydrogens is 358 g/mol. The second-order valence-electron chi connectivity index (χ2n) is 6.43. The molecule has 0 fully saturated rings. The fourth-order valence-electron chi connectivity index (χ4n) is 3.09. The van der Waals surface area contributed by atoms with E-state index in [9.17, 15) is 9.59 Å². The molecule has 0 amide bonds. The number of ether oxygens (including phenoxy) is 3. The van der Waals surface area contributed by atoms with Crippen LogP contribution in [-0.2, 0) is 16.0 Å². The fraction of sp³-hybridized carbons (Fsp3) is 0.273. The van der Waals surface area contributed by atoms with Gasteiger partial charge in [0.25, 0.3) is 0 Å². The third kappa shape index (κ3) is 4.17. The van der Waals surface area contributed by atoms with Crippen LogP contribution in [0, 0.1) is 0 Å². The predicted molar refractivity (Wildman–Crippen MR) is 106 cm³/mol. The maximum atomic E-state index is 12.7. The van der Waals surface area contributed by atoms with E-state index in [-0.39, 0.29) is 12.2 Å². The van der Waals surface area contributed by atoms with Crippen molar-refractivity contribution in [2.24, 2.45) is 0 Å². The highest BCUT2D eigenvalue weighted by molar-refractivity contribution is 6.10. The van der Waals surface area contributed by atoms with Crippen molar-refractivity contribution in [3.8, 4) is 11.5 Å². The molecule has 0 bridgehead atoms. The van der Waals surface area contributed by atoms with E-state index < -0.39 is 12.1 Å². The van der Waals surface area contributed by atoms with Crippen molar-refractivity contribution in [1.82, 2.24) is 4.98 Å². The summed E-state index contributed by atoms with van der Waals surface area (Å²) in [5.41, 5.74) is 2.32. The van der Waals surface area contributed by atoms with E-state index >= 15 is 0 Å². The summed E-state index contributed by atoms with van der Waals surface area (Å²) in [6.45, 7) is 1.60. The first kappa shape index (κ1) is 19.5. The van der Waals surface area contributed by atoms with Crippen molar-refractivity contribution in [2.75, 3.05) is 14.2 Å². The average molecular weight is 381 g/mol. The van der Waals surface area contributed by atoms with E-state index in [2.05, 4.69) is 4.98 Å². The number of hydrogen-bond donors (Lipinski definition) is 1. The van der Waals surface area contributed by atoms with Gasteiger partial charge in [0.2, 0.25) is 5.78 Å². The minimum Gasteiger partial charge on any atom is -0.493 e. The number of Topliss-reactive ketones (excluding diaryl/α,β-unsaturated/α-hetero) is 1. The van der Waals surface area contributed by atoms with Gasteiger partial charge in [-0.05, 0) is 37.1 Å². The number of para-hydroxylation sites is 1. The number of methoxy groups -OCH3 is 2. The van der Waals surface area contributed by atoms with Gasteiger partial charge in [-0.15, -0.1) is 0 Å². The van der Waals surface area contributed by atoms with Crippen LogP contribution in [-0.4, -0.2) is 37.1 Å². The Morgan fingerprint density at radius 2 is 1.79 bits per heavy atom. The number of aryl methyl sites for hydroxylation is 1. The number of nitrogens with one attached hydrogen (secondary N) is 1. The van der Waals surface area contributed by atoms with Crippen LogP contribution < -0.4 is 9.47 Å². The maximum Gasteiger partial charge on any atom is 0.306 e. The van der Waals surface area contributed by atoms with E-state index in [4.69, 9.17) is 14.2 Å². The molecule has 0 aliphatic heterocycles. The summed E-state index contributed by atoms with van der Waals surface area (Å²) in [5, 5.41) is 0.820. The number of esters is 1. The summed E-state index contributed by atoms with van der Waals surface area (Å²) in [7, 11) is 3.13. The van der Waals surface area contributed by atoms with Gasteiger partial charge < -0.3 is 19.2 Å². The lowest BCUT2D eigenvalue weighted by Gasteiger charge is -2.12. The zero-order valence-corrected chi connectivity index (χ0v) is 16.2. The SMILES string of the molecule is COc1ccc(CCC(=O)O[C@H](C)C(=O)c2c[nH]c3ccccc23)cc1OC. The number of rotatable bonds is 8. The van der Waals surface area contributed by atoms with Crippen molar-refractivity contribution in [3.05, 3.63) is 59.8 Å². The Morgan fingerprint density at radius 3 is 2.54 bits per heavy atom. The van der Waals surface area contributed by atoms with Crippen LogP contribution in [0.5, 0.6) is 11.5 Å². The number of benzene rings is 2. The summed E-state index contributed by atoms with van der Waals surface area (Å²) in [6.07, 6.45) is 1.45. The van der Waals surface area contributed by atoms with Gasteiger partial charge in [-0.3, -0.25) is 9.59 Å². The van der Waals surface area contributed by atoms with Crippen molar-refractivity contribution in [1.29, 1.82) is 0 Å². The monoisotopic (exact) mass is 381 g/mol. The summed E-state index contributed by atoms with van der Waals surface area (Å²) >= 11 is 0. The molecule has 3 aromatic rings. The lowest BCUT2D eigenvalue weighted by molar-refractivity contribution is -0.146. The molecule has 0 saturated heterocycles. The van der Waals surface area contributed by atoms with Crippen LogP contribution in [0.2, 0.25) is 0 Å². The smallest absolute Gasteiger partial charge is 0.306 e. The molecule has 28 heavy (non-hydrogen) atoms. The first-order valence-corrected chi connectivity index (χ1v) is 9.04. The molecule has 0 aliphatic rings. The standard InChI is InChI=1S/C22H23NO5/c1-14(22(25)17-13-23-18-7-5-4-6-16(17)18)28-21(24)11-9-15-8-10-19(26-2)20(12-15)27-3/h4-8,10,12-14,23H,9,11H2,1-3H3/t14-/m1/s1. The number of fused-ring (bicyclic) bond motifs is 1. The molecule has 0 unspecified atom stereocenters. The quantitative estimate of drug-likeness (QED) is 0.472. The Morgan fingerprint density at radius 1 is 1.04 bits per heavy atom. The van der Waals surface area contributed by atoms with Crippen LogP contribution in [0.1, 0.15) is 29.3 Å². The van der Waals surface area contributed by atoms with Crippen LogP contribution in [0.15, 0.2) is 48.7 Å². The highest BCUT2D eigenvalue weighted by Crippen LogP contribution is 2.28. The van der Waals surface area contributed by atoms with E-state index in [0.717, 1.165) is 16.5 Å². The molecule has 0 spiro atoms. The fourth-order valence-corrected chi connectivity index (χ4v) is 3.09. The van der Waals surface area contributed by atoms with Gasteiger partial charge in [0.05, 0.1) is 14.2 Å². The van der Waals surface area contributed by atoms with Gasteiger partial charge in [-0.25, -0.2) is 0 Å². The maximum absolute atomic E-state index is 12.7. The third-order valence-corrected chi connectivity index (χ3v) is 4.60. The van der Waals surface area contributed by atoms with Gasteiger partial charge in [0.1, 0.15) is 0 Å². The number of aromatic amines is 1. The highest BCUT2D eigenvalue weighted by atomic mass is 16.5. The zero-order valence-electron chi connectivity index (χ0n) is 16.2. The number of H-pyrrole nitrogens is 1. The normalized spacial score (nSPS) is 11.8. The van der Waals surface area contributed by atoms with Crippen molar-refractivity contribution in [3.63, 3.8) is 0 Å². The van der Waals surface area contributed by atoms with Crippen LogP contribution >= 0.6 is 0 Å². The van der Waals surface area contributed by atoms with Crippen LogP contribution in [0.4, 0.5) is 0 Å². The predicted octanol–water partition coefficient (Wildman–Crippen LogP) is 3.93. The first-order chi connectivity index (χ1) is 13.5. The topological polar surface area (TPSA) is 77.6 Å². The molecule has 2 aromatic carbocycles. The Bertz CT molecular complexity index is 992. The van der Waals surface area contributed by atoms with Gasteiger partial charge in [0, 0.05) is 29.1 Å². The molecule has 3 rings (SSSR count). The van der Waals surface area contributed by atoms with Crippen LogP contribution in [0.3, 0.4) is 0 Å². The second kappa shape index (κ2) is 8.61. The minimum atomic E-state index is -0.850. The van der Waals surface area contributed by atoms with E-state index in [0.29, 0.717) is 23.5 Å². The summed E-state index contributed by atoms with van der Waals surface area (Å²) < 4.78 is 15.8. The Labute approximate surface area is 163 Å². The molecule has 0 radical (unpaired) electrons. The third-order valence-electron chi connectivity index (χ3n) is 4.60. The molecule has 1 heterocycles. The van der Waals surface area contributed by atoms with Gasteiger partial charge in [-0.2, -0.15) is 0 Å². The average Bonchev–Trinajstić information content (AvgIpc) is 3.15. The highest BCUT2D eigenvalue weighted by Gasteiger charge is 2.22. The molecular formula is C22H23NO5. The largest absolute Gasteiger partial charge is 0.493 e. The summed E-state index contributed by atoms with van der Waals surface area (Å²) in [6, 6.07) is 13.0. The first-order valence-electron chi connectivity index (χ1n) is 9.04. The van der Waals surface area contributed by atoms with Crippen molar-refractivity contribution in [2.45, 2.75) is 25.9 Å². The summed E-state index contributed by atoms with van der Waals surface area (Å²) in [5.74, 6) is 0.593. The van der Waals surface area contributed by atoms with Gasteiger partial charge in [-0.1, -0.05) is 24.3 Å².